The summed E-state index contributed by atoms with van der Waals surface area (Å²) in [4.78, 5) is 58.1. The molecule has 0 spiro atoms. The minimum absolute atomic E-state index is 0.0228. The maximum Gasteiger partial charge on any atom is 0.326 e. The first-order valence-electron chi connectivity index (χ1n) is 13.1. The number of carbonyl (C=O) groups excluding carboxylic acids is 3. The van der Waals surface area contributed by atoms with Gasteiger partial charge in [-0.25, -0.2) is 4.79 Å². The van der Waals surface area contributed by atoms with E-state index in [1.807, 2.05) is 30.5 Å². The van der Waals surface area contributed by atoms with Crippen LogP contribution < -0.4 is 33.2 Å². The zero-order valence-corrected chi connectivity index (χ0v) is 23.9. The molecule has 0 aliphatic rings. The molecule has 0 radical (unpaired) electrons. The second-order valence-corrected chi connectivity index (χ2v) is 10.6. The van der Waals surface area contributed by atoms with Crippen molar-refractivity contribution in [2.45, 2.75) is 62.9 Å². The number of rotatable bonds is 17. The molecule has 2 rings (SSSR count). The predicted octanol–water partition coefficient (Wildman–Crippen LogP) is -1.24. The number of H-pyrrole nitrogens is 1. The molecule has 15 heteroatoms. The van der Waals surface area contributed by atoms with Gasteiger partial charge in [0, 0.05) is 30.1 Å². The van der Waals surface area contributed by atoms with Crippen molar-refractivity contribution in [3.63, 3.8) is 0 Å². The first-order valence-corrected chi connectivity index (χ1v) is 14.5. The largest absolute Gasteiger partial charge is 0.480 e. The minimum atomic E-state index is -1.28. The summed E-state index contributed by atoms with van der Waals surface area (Å²) in [6.07, 6.45) is 3.02. The van der Waals surface area contributed by atoms with Crippen molar-refractivity contribution in [3.8, 4) is 0 Å². The van der Waals surface area contributed by atoms with Gasteiger partial charge in [-0.1, -0.05) is 18.2 Å². The number of nitrogens with one attached hydrogen (secondary N) is 4. The van der Waals surface area contributed by atoms with E-state index in [-0.39, 0.29) is 31.8 Å². The third-order valence-corrected chi connectivity index (χ3v) is 7.00. The van der Waals surface area contributed by atoms with Crippen LogP contribution in [0.2, 0.25) is 0 Å². The van der Waals surface area contributed by atoms with E-state index in [9.17, 15) is 29.4 Å². The number of hydrogen-bond acceptors (Lipinski definition) is 8. The van der Waals surface area contributed by atoms with E-state index >= 15 is 0 Å². The first-order chi connectivity index (χ1) is 19.4. The Balaban J connectivity index is 2.18. The van der Waals surface area contributed by atoms with Crippen molar-refractivity contribution in [2.24, 2.45) is 22.2 Å². The van der Waals surface area contributed by atoms with Crippen molar-refractivity contribution in [3.05, 3.63) is 36.0 Å². The van der Waals surface area contributed by atoms with Crippen LogP contribution >= 0.6 is 11.8 Å². The number of benzene rings is 1. The number of aliphatic hydroxyl groups is 1. The average molecular weight is 593 g/mol. The fourth-order valence-electron chi connectivity index (χ4n) is 4.03. The third-order valence-electron chi connectivity index (χ3n) is 6.36. The number of amides is 3. The molecule has 0 aliphatic heterocycles. The lowest BCUT2D eigenvalue weighted by Gasteiger charge is -2.25. The van der Waals surface area contributed by atoms with Crippen molar-refractivity contribution >= 4 is 52.3 Å². The highest BCUT2D eigenvalue weighted by Gasteiger charge is 2.31. The fraction of sp³-hybridized carbons (Fsp3) is 0.500. The van der Waals surface area contributed by atoms with Crippen molar-refractivity contribution < 1.29 is 29.4 Å². The normalized spacial score (nSPS) is 14.7. The van der Waals surface area contributed by atoms with E-state index in [1.54, 1.807) is 6.20 Å². The predicted molar refractivity (Wildman–Crippen MR) is 158 cm³/mol. The van der Waals surface area contributed by atoms with Gasteiger partial charge >= 0.3 is 5.97 Å². The van der Waals surface area contributed by atoms with E-state index in [0.29, 0.717) is 12.2 Å². The molecule has 226 valence electrons. The Morgan fingerprint density at radius 2 is 1.61 bits per heavy atom. The molecule has 1 aromatic carbocycles. The van der Waals surface area contributed by atoms with E-state index in [2.05, 4.69) is 25.9 Å². The number of carboxylic acid groups (broad SMARTS) is 1. The Bertz CT molecular complexity index is 1220. The fourth-order valence-corrected chi connectivity index (χ4v) is 4.50. The summed E-state index contributed by atoms with van der Waals surface area (Å²) in [5.41, 5.74) is 18.0. The first kappa shape index (κ1) is 33.4. The van der Waals surface area contributed by atoms with Gasteiger partial charge in [0.15, 0.2) is 5.96 Å². The number of carbonyl (C=O) groups is 4. The van der Waals surface area contributed by atoms with Gasteiger partial charge in [-0.3, -0.25) is 19.4 Å². The smallest absolute Gasteiger partial charge is 0.326 e. The Hall–Kier alpha value is -3.82. The van der Waals surface area contributed by atoms with E-state index < -0.39 is 54.0 Å². The molecule has 3 amide bonds. The number of para-hydroxylation sites is 1. The Kier molecular flexibility index (Phi) is 13.4. The number of aromatic nitrogens is 1. The van der Waals surface area contributed by atoms with Gasteiger partial charge in [0.25, 0.3) is 0 Å². The number of thioether (sulfide) groups is 1. The lowest BCUT2D eigenvalue weighted by molar-refractivity contribution is -0.142. The zero-order chi connectivity index (χ0) is 30.5. The minimum Gasteiger partial charge on any atom is -0.480 e. The van der Waals surface area contributed by atoms with Crippen LogP contribution in [0.25, 0.3) is 10.9 Å². The standard InChI is InChI=1S/C26H40N8O6S/c1-14(35)21(27)24(38)33-18(8-5-10-30-26(28)29)22(36)32-19(9-11-41-2)23(37)34-20(25(39)40)12-15-13-31-17-7-4-3-6-16(15)17/h3-4,6-7,13-14,18-21,31,35H,5,8-12,27H2,1-2H3,(H,32,36)(H,33,38)(H,34,37)(H,39,40)(H4,28,29,30). The second-order valence-electron chi connectivity index (χ2n) is 9.58. The Morgan fingerprint density at radius 3 is 2.22 bits per heavy atom. The van der Waals surface area contributed by atoms with Crippen LogP contribution in [0.3, 0.4) is 0 Å². The van der Waals surface area contributed by atoms with Gasteiger partial charge in [-0.2, -0.15) is 11.8 Å². The lowest BCUT2D eigenvalue weighted by atomic mass is 10.0. The molecule has 0 saturated heterocycles. The number of hydrogen-bond donors (Lipinski definition) is 9. The molecular formula is C26H40N8O6S. The molecule has 5 unspecified atom stereocenters. The molecule has 1 heterocycles. The number of carboxylic acids is 1. The highest BCUT2D eigenvalue weighted by Crippen LogP contribution is 2.19. The monoisotopic (exact) mass is 592 g/mol. The van der Waals surface area contributed by atoms with Crippen molar-refractivity contribution in [1.82, 2.24) is 20.9 Å². The maximum absolute atomic E-state index is 13.3. The van der Waals surface area contributed by atoms with Crippen LogP contribution in [0, 0.1) is 0 Å². The molecule has 14 nitrogen and oxygen atoms in total. The highest BCUT2D eigenvalue weighted by atomic mass is 32.2. The van der Waals surface area contributed by atoms with Crippen LogP contribution in [-0.2, 0) is 25.6 Å². The summed E-state index contributed by atoms with van der Waals surface area (Å²) in [6.45, 7) is 1.53. The molecule has 5 atom stereocenters. The Labute approximate surface area is 242 Å². The number of fused-ring (bicyclic) bond motifs is 1. The van der Waals surface area contributed by atoms with Crippen LogP contribution in [0.1, 0.15) is 31.7 Å². The van der Waals surface area contributed by atoms with E-state index in [0.717, 1.165) is 16.5 Å². The van der Waals surface area contributed by atoms with Gasteiger partial charge in [0.1, 0.15) is 24.2 Å². The number of nitrogens with two attached hydrogens (primary N) is 3. The summed E-state index contributed by atoms with van der Waals surface area (Å²) in [5, 5.41) is 28.1. The topological polar surface area (TPSA) is 251 Å². The van der Waals surface area contributed by atoms with E-state index in [4.69, 9.17) is 17.2 Å². The number of aliphatic hydroxyl groups excluding tert-OH is 1. The highest BCUT2D eigenvalue weighted by molar-refractivity contribution is 7.98. The zero-order valence-electron chi connectivity index (χ0n) is 23.1. The quantitative estimate of drug-likeness (QED) is 0.0600. The molecule has 1 aromatic heterocycles. The molecule has 12 N–H and O–H groups in total. The molecule has 2 aromatic rings. The Morgan fingerprint density at radius 1 is 1.00 bits per heavy atom. The van der Waals surface area contributed by atoms with Crippen molar-refractivity contribution in [1.29, 1.82) is 0 Å². The summed E-state index contributed by atoms with van der Waals surface area (Å²) in [5.74, 6) is -2.96. The van der Waals surface area contributed by atoms with Gasteiger partial charge in [0.2, 0.25) is 17.7 Å². The average Bonchev–Trinajstić information content (AvgIpc) is 3.33. The van der Waals surface area contributed by atoms with Gasteiger partial charge in [-0.15, -0.1) is 0 Å². The SMILES string of the molecule is CSCCC(NC(=O)C(CCCN=C(N)N)NC(=O)C(N)C(C)O)C(=O)NC(Cc1c[nH]c2ccccc12)C(=O)O. The molecular weight excluding hydrogens is 552 g/mol. The second kappa shape index (κ2) is 16.4. The molecule has 0 saturated carbocycles. The van der Waals surface area contributed by atoms with Crippen LogP contribution in [0.5, 0.6) is 0 Å². The third kappa shape index (κ3) is 10.6. The maximum atomic E-state index is 13.3. The summed E-state index contributed by atoms with van der Waals surface area (Å²) in [6, 6.07) is 2.68. The number of nitrogens with zero attached hydrogens (tertiary/aromatic N) is 1. The number of guanidine groups is 1. The summed E-state index contributed by atoms with van der Waals surface area (Å²) < 4.78 is 0. The number of aliphatic carboxylic acids is 1. The molecule has 41 heavy (non-hydrogen) atoms. The van der Waals surface area contributed by atoms with Crippen molar-refractivity contribution in [2.75, 3.05) is 18.6 Å². The number of aromatic amines is 1. The van der Waals surface area contributed by atoms with Gasteiger partial charge in [-0.05, 0) is 49.8 Å². The molecule has 0 aliphatic carbocycles. The summed E-state index contributed by atoms with van der Waals surface area (Å²) in [7, 11) is 0. The van der Waals surface area contributed by atoms with Crippen LogP contribution in [-0.4, -0.2) is 93.7 Å². The molecule has 0 bridgehead atoms. The van der Waals surface area contributed by atoms with Gasteiger partial charge < -0.3 is 48.3 Å². The number of aliphatic imine (C=N–C) groups is 1. The van der Waals surface area contributed by atoms with Crippen LogP contribution in [0.4, 0.5) is 0 Å². The van der Waals surface area contributed by atoms with Gasteiger partial charge in [0.05, 0.1) is 6.10 Å². The van der Waals surface area contributed by atoms with Crippen LogP contribution in [0.15, 0.2) is 35.5 Å². The van der Waals surface area contributed by atoms with E-state index in [1.165, 1.54) is 18.7 Å². The summed E-state index contributed by atoms with van der Waals surface area (Å²) >= 11 is 1.45. The molecule has 0 fully saturated rings. The lowest BCUT2D eigenvalue weighted by Crippen LogP contribution is -2.58.